The second-order valence-electron chi connectivity index (χ2n) is 5.98. The molecule has 0 amide bonds. The number of rotatable bonds is 5. The summed E-state index contributed by atoms with van der Waals surface area (Å²) in [6, 6.07) is 2.44. The lowest BCUT2D eigenvalue weighted by Crippen LogP contribution is -2.47. The first-order valence-electron chi connectivity index (χ1n) is 7.57. The fourth-order valence-electron chi connectivity index (χ4n) is 3.40. The van der Waals surface area contributed by atoms with Crippen LogP contribution in [0, 0.1) is 0 Å². The normalized spacial score (nSPS) is 26.9. The Hall–Kier alpha value is -0.470. The smallest absolute Gasteiger partial charge is 0.250 e. The van der Waals surface area contributed by atoms with E-state index in [0.717, 1.165) is 24.9 Å². The monoisotopic (exact) mass is 329 g/mol. The van der Waals surface area contributed by atoms with Crippen LogP contribution in [-0.2, 0) is 16.6 Å². The molecular weight excluding hydrogens is 306 g/mol. The maximum Gasteiger partial charge on any atom is 0.250 e. The fraction of sp³-hybridized carbons (Fsp3) is 0.714. The van der Waals surface area contributed by atoms with Crippen LogP contribution in [0.3, 0.4) is 0 Å². The largest absolute Gasteiger partial charge is 0.316 e. The molecule has 0 saturated carbocycles. The molecule has 0 radical (unpaired) electrons. The molecule has 2 fully saturated rings. The zero-order chi connectivity index (χ0) is 14.9. The molecule has 118 valence electrons. The van der Waals surface area contributed by atoms with Crippen LogP contribution in [0.5, 0.6) is 0 Å². The predicted octanol–water partition coefficient (Wildman–Crippen LogP) is 1.37. The standard InChI is InChI=1S/C14H23N3O2S2/c1-15-9-11-7-14(20-10-11)21(18,19)16-12-4-6-17-5-2-3-13(17)8-12/h7,10,12-13,15-16H,2-6,8-9H2,1H3. The summed E-state index contributed by atoms with van der Waals surface area (Å²) in [4.78, 5) is 2.50. The summed E-state index contributed by atoms with van der Waals surface area (Å²) < 4.78 is 28.3. The average molecular weight is 329 g/mol. The van der Waals surface area contributed by atoms with Crippen molar-refractivity contribution in [2.24, 2.45) is 0 Å². The van der Waals surface area contributed by atoms with Gasteiger partial charge in [0.25, 0.3) is 0 Å². The molecule has 2 unspecified atom stereocenters. The quantitative estimate of drug-likeness (QED) is 0.857. The van der Waals surface area contributed by atoms with Crippen molar-refractivity contribution in [3.8, 4) is 0 Å². The summed E-state index contributed by atoms with van der Waals surface area (Å²) in [5.74, 6) is 0. The van der Waals surface area contributed by atoms with Gasteiger partial charge in [0, 0.05) is 18.6 Å². The summed E-state index contributed by atoms with van der Waals surface area (Å²) >= 11 is 1.30. The average Bonchev–Trinajstić information content (AvgIpc) is 3.07. The third-order valence-electron chi connectivity index (χ3n) is 4.42. The Morgan fingerprint density at radius 2 is 2.24 bits per heavy atom. The van der Waals surface area contributed by atoms with Crippen molar-refractivity contribution in [3.05, 3.63) is 17.0 Å². The molecule has 2 aliphatic heterocycles. The van der Waals surface area contributed by atoms with Crippen molar-refractivity contribution in [1.29, 1.82) is 0 Å². The number of nitrogens with zero attached hydrogens (tertiary/aromatic N) is 1. The molecule has 2 N–H and O–H groups in total. The molecule has 0 spiro atoms. The van der Waals surface area contributed by atoms with Crippen molar-refractivity contribution in [2.45, 2.75) is 48.5 Å². The molecule has 5 nitrogen and oxygen atoms in total. The van der Waals surface area contributed by atoms with E-state index in [1.54, 1.807) is 6.07 Å². The summed E-state index contributed by atoms with van der Waals surface area (Å²) in [5, 5.41) is 4.95. The van der Waals surface area contributed by atoms with Gasteiger partial charge in [0.2, 0.25) is 10.0 Å². The Balaban J connectivity index is 1.65. The van der Waals surface area contributed by atoms with E-state index in [-0.39, 0.29) is 6.04 Å². The third kappa shape index (κ3) is 3.48. The van der Waals surface area contributed by atoms with Crippen molar-refractivity contribution in [3.63, 3.8) is 0 Å². The molecule has 0 bridgehead atoms. The summed E-state index contributed by atoms with van der Waals surface area (Å²) in [5.41, 5.74) is 1.02. The van der Waals surface area contributed by atoms with Gasteiger partial charge >= 0.3 is 0 Å². The number of thiophene rings is 1. The molecule has 1 aromatic heterocycles. The number of hydrogen-bond acceptors (Lipinski definition) is 5. The van der Waals surface area contributed by atoms with Crippen LogP contribution in [-0.4, -0.2) is 45.5 Å². The first kappa shape index (κ1) is 15.4. The van der Waals surface area contributed by atoms with Gasteiger partial charge in [0.05, 0.1) is 0 Å². The second kappa shape index (κ2) is 6.34. The van der Waals surface area contributed by atoms with Gasteiger partial charge in [-0.15, -0.1) is 11.3 Å². The van der Waals surface area contributed by atoms with E-state index in [9.17, 15) is 8.42 Å². The van der Waals surface area contributed by atoms with E-state index in [1.807, 2.05) is 12.4 Å². The highest BCUT2D eigenvalue weighted by Gasteiger charge is 2.33. The lowest BCUT2D eigenvalue weighted by Gasteiger charge is -2.34. The highest BCUT2D eigenvalue weighted by molar-refractivity contribution is 7.91. The van der Waals surface area contributed by atoms with Gasteiger partial charge in [-0.25, -0.2) is 13.1 Å². The Labute approximate surface area is 130 Å². The second-order valence-corrected chi connectivity index (χ2v) is 8.83. The molecule has 2 saturated heterocycles. The Kier molecular flexibility index (Phi) is 4.66. The minimum Gasteiger partial charge on any atom is -0.316 e. The van der Waals surface area contributed by atoms with Crippen molar-refractivity contribution < 1.29 is 8.42 Å². The SMILES string of the molecule is CNCc1csc(S(=O)(=O)NC2CCN3CCCC3C2)c1. The van der Waals surface area contributed by atoms with Crippen molar-refractivity contribution in [2.75, 3.05) is 20.1 Å². The van der Waals surface area contributed by atoms with Crippen molar-refractivity contribution >= 4 is 21.4 Å². The van der Waals surface area contributed by atoms with E-state index in [2.05, 4.69) is 14.9 Å². The number of piperidine rings is 1. The van der Waals surface area contributed by atoms with E-state index in [0.29, 0.717) is 16.8 Å². The lowest BCUT2D eigenvalue weighted by molar-refractivity contribution is 0.176. The molecule has 1 aromatic rings. The van der Waals surface area contributed by atoms with Crippen LogP contribution in [0.1, 0.15) is 31.2 Å². The zero-order valence-electron chi connectivity index (χ0n) is 12.3. The van der Waals surface area contributed by atoms with Gasteiger partial charge in [0.1, 0.15) is 4.21 Å². The van der Waals surface area contributed by atoms with Gasteiger partial charge in [-0.1, -0.05) is 0 Å². The molecule has 2 aliphatic rings. The number of fused-ring (bicyclic) bond motifs is 1. The van der Waals surface area contributed by atoms with Gasteiger partial charge < -0.3 is 10.2 Å². The summed E-state index contributed by atoms with van der Waals surface area (Å²) in [6.07, 6.45) is 4.34. The summed E-state index contributed by atoms with van der Waals surface area (Å²) in [6.45, 7) is 2.90. The van der Waals surface area contributed by atoms with Gasteiger partial charge in [-0.05, 0) is 62.8 Å². The van der Waals surface area contributed by atoms with Gasteiger partial charge in [0.15, 0.2) is 0 Å². The third-order valence-corrected chi connectivity index (χ3v) is 7.43. The highest BCUT2D eigenvalue weighted by atomic mass is 32.2. The topological polar surface area (TPSA) is 61.4 Å². The molecule has 0 aliphatic carbocycles. The maximum atomic E-state index is 12.5. The Morgan fingerprint density at radius 1 is 1.38 bits per heavy atom. The molecule has 0 aromatic carbocycles. The maximum absolute atomic E-state index is 12.5. The molecular formula is C14H23N3O2S2. The lowest BCUT2D eigenvalue weighted by atomic mass is 9.99. The van der Waals surface area contributed by atoms with Crippen molar-refractivity contribution in [1.82, 2.24) is 14.9 Å². The van der Waals surface area contributed by atoms with Crippen LogP contribution in [0.25, 0.3) is 0 Å². The minimum atomic E-state index is -3.36. The minimum absolute atomic E-state index is 0.0872. The molecule has 7 heteroatoms. The molecule has 2 atom stereocenters. The van der Waals surface area contributed by atoms with Crippen LogP contribution < -0.4 is 10.0 Å². The van der Waals surface area contributed by atoms with Crippen LogP contribution in [0.2, 0.25) is 0 Å². The van der Waals surface area contributed by atoms with Gasteiger partial charge in [-0.3, -0.25) is 0 Å². The first-order chi connectivity index (χ1) is 10.1. The first-order valence-corrected chi connectivity index (χ1v) is 9.93. The number of sulfonamides is 1. The van der Waals surface area contributed by atoms with Crippen LogP contribution in [0.4, 0.5) is 0 Å². The predicted molar refractivity (Wildman–Crippen MR) is 85.0 cm³/mol. The highest BCUT2D eigenvalue weighted by Crippen LogP contribution is 2.28. The Morgan fingerprint density at radius 3 is 3.05 bits per heavy atom. The number of hydrogen-bond donors (Lipinski definition) is 2. The summed E-state index contributed by atoms with van der Waals surface area (Å²) in [7, 11) is -1.50. The van der Waals surface area contributed by atoms with Crippen LogP contribution in [0.15, 0.2) is 15.7 Å². The van der Waals surface area contributed by atoms with E-state index < -0.39 is 10.0 Å². The van der Waals surface area contributed by atoms with E-state index >= 15 is 0 Å². The van der Waals surface area contributed by atoms with E-state index in [4.69, 9.17) is 0 Å². The number of nitrogens with one attached hydrogen (secondary N) is 2. The molecule has 21 heavy (non-hydrogen) atoms. The molecule has 3 rings (SSSR count). The van der Waals surface area contributed by atoms with Gasteiger partial charge in [-0.2, -0.15) is 0 Å². The van der Waals surface area contributed by atoms with E-state index in [1.165, 1.54) is 30.7 Å². The fourth-order valence-corrected chi connectivity index (χ4v) is 5.91. The van der Waals surface area contributed by atoms with Crippen LogP contribution >= 0.6 is 11.3 Å². The molecule has 3 heterocycles. The zero-order valence-corrected chi connectivity index (χ0v) is 14.0. The Bertz CT molecular complexity index is 585.